The number of hydrogen-bond donors (Lipinski definition) is 2. The van der Waals surface area contributed by atoms with Crippen LogP contribution in [0.4, 0.5) is 13.2 Å². The molecule has 3 rings (SSSR count). The van der Waals surface area contributed by atoms with Crippen LogP contribution in [0.15, 0.2) is 48.7 Å². The Morgan fingerprint density at radius 1 is 1.10 bits per heavy atom. The van der Waals surface area contributed by atoms with Gasteiger partial charge in [0.25, 0.3) is 0 Å². The lowest BCUT2D eigenvalue weighted by atomic mass is 9.86. The molecule has 0 bridgehead atoms. The number of alkyl halides is 3. The van der Waals surface area contributed by atoms with E-state index in [9.17, 15) is 18.0 Å². The van der Waals surface area contributed by atoms with Gasteiger partial charge in [-0.25, -0.2) is 0 Å². The van der Waals surface area contributed by atoms with E-state index < -0.39 is 17.7 Å². The third-order valence-electron chi connectivity index (χ3n) is 5.70. The third kappa shape index (κ3) is 5.49. The molecule has 3 aromatic rings. The molecule has 1 heterocycles. The van der Waals surface area contributed by atoms with Crippen LogP contribution < -0.4 is 5.32 Å². The van der Waals surface area contributed by atoms with E-state index in [-0.39, 0.29) is 12.3 Å². The van der Waals surface area contributed by atoms with Crippen LogP contribution >= 0.6 is 0 Å². The zero-order valence-electron chi connectivity index (χ0n) is 18.0. The maximum atomic E-state index is 13.3. The molecule has 6 heteroatoms. The second-order valence-electron chi connectivity index (χ2n) is 7.87. The molecule has 1 atom stereocenters. The zero-order valence-corrected chi connectivity index (χ0v) is 18.0. The van der Waals surface area contributed by atoms with Crippen molar-refractivity contribution >= 4 is 16.8 Å². The number of aromatic nitrogens is 1. The van der Waals surface area contributed by atoms with Gasteiger partial charge in [-0.3, -0.25) is 4.79 Å². The maximum absolute atomic E-state index is 13.3. The summed E-state index contributed by atoms with van der Waals surface area (Å²) < 4.78 is 40.0. The van der Waals surface area contributed by atoms with Crippen LogP contribution in [-0.2, 0) is 17.4 Å². The van der Waals surface area contributed by atoms with Crippen molar-refractivity contribution in [2.24, 2.45) is 0 Å². The zero-order chi connectivity index (χ0) is 22.4. The van der Waals surface area contributed by atoms with Gasteiger partial charge in [0.1, 0.15) is 0 Å². The van der Waals surface area contributed by atoms with Crippen molar-refractivity contribution in [1.82, 2.24) is 10.3 Å². The molecule has 3 nitrogen and oxygen atoms in total. The van der Waals surface area contributed by atoms with Crippen molar-refractivity contribution in [2.45, 2.75) is 58.0 Å². The number of aryl methyl sites for hydroxylation is 1. The molecule has 0 aliphatic heterocycles. The fraction of sp³-hybridized carbons (Fsp3) is 0.400. The highest BCUT2D eigenvalue weighted by Crippen LogP contribution is 2.37. The number of carbonyl (C=O) groups excluding carboxylic acids is 1. The van der Waals surface area contributed by atoms with Gasteiger partial charge in [0.2, 0.25) is 5.91 Å². The molecule has 0 saturated heterocycles. The summed E-state index contributed by atoms with van der Waals surface area (Å²) in [5.74, 6) is -0.631. The lowest BCUT2D eigenvalue weighted by Crippen LogP contribution is -2.26. The largest absolute Gasteiger partial charge is 0.416 e. The summed E-state index contributed by atoms with van der Waals surface area (Å²) in [5, 5.41) is 3.87. The molecule has 0 spiro atoms. The average molecular weight is 431 g/mol. The smallest absolute Gasteiger partial charge is 0.361 e. The summed E-state index contributed by atoms with van der Waals surface area (Å²) >= 11 is 0. The van der Waals surface area contributed by atoms with E-state index in [1.807, 2.05) is 24.4 Å². The molecule has 0 fully saturated rings. The second kappa shape index (κ2) is 10.0. The molecular formula is C25H29F3N2O. The first kappa shape index (κ1) is 22.9. The van der Waals surface area contributed by atoms with Crippen LogP contribution in [-0.4, -0.2) is 17.4 Å². The van der Waals surface area contributed by atoms with E-state index in [1.54, 1.807) is 6.07 Å². The molecule has 1 amide bonds. The first-order valence-corrected chi connectivity index (χ1v) is 10.9. The molecule has 1 aromatic heterocycles. The minimum atomic E-state index is -4.43. The number of H-pyrrole nitrogens is 1. The first-order valence-electron chi connectivity index (χ1n) is 10.9. The molecule has 0 aliphatic carbocycles. The second-order valence-corrected chi connectivity index (χ2v) is 7.87. The number of fused-ring (bicyclic) bond motifs is 1. The summed E-state index contributed by atoms with van der Waals surface area (Å²) in [4.78, 5) is 16.0. The third-order valence-corrected chi connectivity index (χ3v) is 5.70. The summed E-state index contributed by atoms with van der Waals surface area (Å²) in [6.07, 6.45) is 1.30. The molecule has 0 aliphatic rings. The SMILES string of the molecule is CCCCCNC(=O)CC(c1cccc(C(F)(F)F)c1)c1c[nH]c2c(CC)cccc12. The Morgan fingerprint density at radius 3 is 2.58 bits per heavy atom. The van der Waals surface area contributed by atoms with Gasteiger partial charge in [-0.2, -0.15) is 13.2 Å². The van der Waals surface area contributed by atoms with Gasteiger partial charge < -0.3 is 10.3 Å². The van der Waals surface area contributed by atoms with E-state index in [2.05, 4.69) is 24.1 Å². The lowest BCUT2D eigenvalue weighted by Gasteiger charge is -2.19. The number of carbonyl (C=O) groups is 1. The van der Waals surface area contributed by atoms with Gasteiger partial charge in [-0.15, -0.1) is 0 Å². The number of rotatable bonds is 9. The molecule has 2 N–H and O–H groups in total. The van der Waals surface area contributed by atoms with Crippen LogP contribution in [0.1, 0.15) is 67.7 Å². The predicted octanol–water partition coefficient (Wildman–Crippen LogP) is 6.58. The molecule has 0 radical (unpaired) electrons. The monoisotopic (exact) mass is 430 g/mol. The Labute approximate surface area is 181 Å². The van der Waals surface area contributed by atoms with Gasteiger partial charge in [-0.1, -0.05) is 63.1 Å². The van der Waals surface area contributed by atoms with Crippen molar-refractivity contribution in [3.05, 3.63) is 70.9 Å². The number of nitrogens with one attached hydrogen (secondary N) is 2. The van der Waals surface area contributed by atoms with Crippen LogP contribution in [0.25, 0.3) is 10.9 Å². The first-order chi connectivity index (χ1) is 14.8. The number of amides is 1. The van der Waals surface area contributed by atoms with E-state index in [0.29, 0.717) is 12.1 Å². The van der Waals surface area contributed by atoms with Gasteiger partial charge in [0.05, 0.1) is 5.56 Å². The molecule has 31 heavy (non-hydrogen) atoms. The molecule has 0 saturated carbocycles. The Hall–Kier alpha value is -2.76. The van der Waals surface area contributed by atoms with Crippen molar-refractivity contribution in [3.8, 4) is 0 Å². The Bertz CT molecular complexity index is 1020. The number of benzene rings is 2. The Balaban J connectivity index is 1.99. The van der Waals surface area contributed by atoms with Crippen molar-refractivity contribution < 1.29 is 18.0 Å². The maximum Gasteiger partial charge on any atom is 0.416 e. The normalized spacial score (nSPS) is 12.8. The average Bonchev–Trinajstić information content (AvgIpc) is 3.18. The molecular weight excluding hydrogens is 401 g/mol. The van der Waals surface area contributed by atoms with Crippen molar-refractivity contribution in [1.29, 1.82) is 0 Å². The highest BCUT2D eigenvalue weighted by molar-refractivity contribution is 5.88. The topological polar surface area (TPSA) is 44.9 Å². The fourth-order valence-electron chi connectivity index (χ4n) is 4.02. The van der Waals surface area contributed by atoms with Gasteiger partial charge in [-0.05, 0) is 35.6 Å². The predicted molar refractivity (Wildman–Crippen MR) is 118 cm³/mol. The van der Waals surface area contributed by atoms with Crippen LogP contribution in [0.3, 0.4) is 0 Å². The van der Waals surface area contributed by atoms with Gasteiger partial charge in [0, 0.05) is 36.0 Å². The highest BCUT2D eigenvalue weighted by atomic mass is 19.4. The lowest BCUT2D eigenvalue weighted by molar-refractivity contribution is -0.137. The standard InChI is InChI=1S/C25H29F3N2O/c1-3-5-6-13-29-23(31)15-21(18-10-7-11-19(14-18)25(26,27)28)22-16-30-24-17(4-2)9-8-12-20(22)24/h7-12,14,16,21,30H,3-6,13,15H2,1-2H3,(H,29,31). The van der Waals surface area contributed by atoms with E-state index in [0.717, 1.165) is 59.8 Å². The number of hydrogen-bond acceptors (Lipinski definition) is 1. The van der Waals surface area contributed by atoms with Crippen LogP contribution in [0, 0.1) is 0 Å². The molecule has 2 aromatic carbocycles. The van der Waals surface area contributed by atoms with Gasteiger partial charge in [0.15, 0.2) is 0 Å². The van der Waals surface area contributed by atoms with Crippen LogP contribution in [0.5, 0.6) is 0 Å². The fourth-order valence-corrected chi connectivity index (χ4v) is 4.02. The summed E-state index contributed by atoms with van der Waals surface area (Å²) in [5.41, 5.74) is 2.73. The van der Waals surface area contributed by atoms with E-state index >= 15 is 0 Å². The molecule has 166 valence electrons. The quantitative estimate of drug-likeness (QED) is 0.370. The Kier molecular flexibility index (Phi) is 7.42. The van der Waals surface area contributed by atoms with E-state index in [1.165, 1.54) is 6.07 Å². The van der Waals surface area contributed by atoms with E-state index in [4.69, 9.17) is 0 Å². The Morgan fingerprint density at radius 2 is 1.87 bits per heavy atom. The van der Waals surface area contributed by atoms with Crippen molar-refractivity contribution in [3.63, 3.8) is 0 Å². The summed E-state index contributed by atoms with van der Waals surface area (Å²) in [7, 11) is 0. The van der Waals surface area contributed by atoms with Crippen LogP contribution in [0.2, 0.25) is 0 Å². The molecule has 1 unspecified atom stereocenters. The highest BCUT2D eigenvalue weighted by Gasteiger charge is 2.32. The number of halogens is 3. The number of unbranched alkanes of at least 4 members (excludes halogenated alkanes) is 2. The summed E-state index contributed by atoms with van der Waals surface area (Å²) in [6.45, 7) is 4.73. The minimum absolute atomic E-state index is 0.0940. The van der Waals surface area contributed by atoms with Crippen molar-refractivity contribution in [2.75, 3.05) is 6.54 Å². The van der Waals surface area contributed by atoms with Gasteiger partial charge >= 0.3 is 6.18 Å². The number of aromatic amines is 1. The summed E-state index contributed by atoms with van der Waals surface area (Å²) in [6, 6.07) is 11.3. The number of para-hydroxylation sites is 1. The minimum Gasteiger partial charge on any atom is -0.361 e.